The number of carbonyl (C=O) groups is 1. The van der Waals surface area contributed by atoms with Gasteiger partial charge in [-0.25, -0.2) is 51.4 Å². The van der Waals surface area contributed by atoms with Gasteiger partial charge in [0.05, 0.1) is 57.8 Å². The number of phenolic OH excluding ortho intramolecular Hbond substituents is 1. The smallest absolute Gasteiger partial charge is 0.385 e. The number of fused-ring (bicyclic) bond motifs is 1. The van der Waals surface area contributed by atoms with Crippen LogP contribution in [0.1, 0.15) is 160 Å². The molecule has 0 bridgehead atoms. The number of sulfonamides is 4. The van der Waals surface area contributed by atoms with Gasteiger partial charge < -0.3 is 24.4 Å². The molecule has 0 radical (unpaired) electrons. The van der Waals surface area contributed by atoms with Crippen LogP contribution in [0.15, 0.2) is 145 Å². The minimum Gasteiger partial charge on any atom is -0.506 e. The SMILES string of the molecule is CCCCCCCCCCCCCCCCOc1cc(O)c(NS(=O)(=O)c2cc(NS(=O)(=O)c3ccc([N+]4(CC)C(=O)C45CC(N=Nc4ccc([N+](=O)[O-])cc4S(C)(=O)=O)c4c(NS(=O)(=O)c6cccc(NS(C)(=O)=O)c6)cccc4C5O)cc3)ccc2OCCOC)cc1C(C)(C)C. The molecule has 1 fully saturated rings. The van der Waals surface area contributed by atoms with Gasteiger partial charge >= 0.3 is 5.91 Å². The molecule has 2 aliphatic rings. The van der Waals surface area contributed by atoms with Crippen LogP contribution >= 0.6 is 0 Å². The number of azo groups is 1. The number of aliphatic hydroxyl groups is 1. The van der Waals surface area contributed by atoms with Gasteiger partial charge in [-0.1, -0.05) is 129 Å². The minimum absolute atomic E-state index is 0.00335. The number of methoxy groups -OCH3 is 1. The van der Waals surface area contributed by atoms with Gasteiger partial charge in [0.25, 0.3) is 41.3 Å². The quantitative estimate of drug-likeness (QED) is 0.00401. The molecule has 6 aromatic rings. The van der Waals surface area contributed by atoms with E-state index in [1.165, 1.54) is 156 Å². The lowest BCUT2D eigenvalue weighted by atomic mass is 9.76. The number of aliphatic hydroxyl groups excluding tert-OH is 1. The Labute approximate surface area is 580 Å². The topological polar surface area (TPSA) is 372 Å². The highest BCUT2D eigenvalue weighted by Gasteiger charge is 2.86. The molecular formula is C68H89N8O18S5+. The zero-order chi connectivity index (χ0) is 72.4. The van der Waals surface area contributed by atoms with E-state index in [0.717, 1.165) is 68.5 Å². The molecule has 1 amide bonds. The Morgan fingerprint density at radius 1 is 0.626 bits per heavy atom. The Balaban J connectivity index is 1.04. The first-order chi connectivity index (χ1) is 46.6. The number of ether oxygens (including phenoxy) is 3. The Bertz CT molecular complexity index is 4550. The maximum absolute atomic E-state index is 15.0. The maximum atomic E-state index is 15.0. The van der Waals surface area contributed by atoms with Crippen molar-refractivity contribution in [1.29, 1.82) is 0 Å². The number of non-ortho nitro benzene ring substituents is 1. The lowest BCUT2D eigenvalue weighted by Gasteiger charge is -2.34. The van der Waals surface area contributed by atoms with Crippen LogP contribution < -0.4 is 32.8 Å². The summed E-state index contributed by atoms with van der Waals surface area (Å²) in [6.45, 7) is 9.95. The molecule has 6 aromatic carbocycles. The van der Waals surface area contributed by atoms with Crippen LogP contribution in [-0.2, 0) is 64.9 Å². The number of rotatable bonds is 37. The average molecular weight is 1470 g/mol. The fourth-order valence-electron chi connectivity index (χ4n) is 12.7. The van der Waals surface area contributed by atoms with Gasteiger partial charge in [0, 0.05) is 66.9 Å². The van der Waals surface area contributed by atoms with Crippen molar-refractivity contribution in [2.75, 3.05) is 64.9 Å². The zero-order valence-electron chi connectivity index (χ0n) is 56.8. The van der Waals surface area contributed by atoms with Crippen molar-refractivity contribution < 1.29 is 76.2 Å². The predicted octanol–water partition coefficient (Wildman–Crippen LogP) is 13.2. The number of quaternary nitrogens is 1. The van der Waals surface area contributed by atoms with Crippen molar-refractivity contribution in [3.8, 4) is 17.2 Å². The summed E-state index contributed by atoms with van der Waals surface area (Å²) in [6, 6.07) is 22.1. The number of nitro groups is 1. The lowest BCUT2D eigenvalue weighted by Crippen LogP contribution is -2.44. The van der Waals surface area contributed by atoms with Crippen molar-refractivity contribution in [2.45, 2.75) is 174 Å². The molecular weight excluding hydrogens is 1380 g/mol. The Morgan fingerprint density at radius 3 is 1.82 bits per heavy atom. The molecule has 31 heteroatoms. The third-order valence-electron chi connectivity index (χ3n) is 17.6. The lowest BCUT2D eigenvalue weighted by molar-refractivity contribution is -0.385. The molecule has 26 nitrogen and oxygen atoms in total. The van der Waals surface area contributed by atoms with Crippen LogP contribution in [0.3, 0.4) is 0 Å². The molecule has 4 unspecified atom stereocenters. The molecule has 6 N–H and O–H groups in total. The van der Waals surface area contributed by atoms with Crippen molar-refractivity contribution >= 4 is 95.6 Å². The Kier molecular flexibility index (Phi) is 24.7. The van der Waals surface area contributed by atoms with E-state index in [-0.39, 0.29) is 80.6 Å². The van der Waals surface area contributed by atoms with E-state index in [2.05, 4.69) is 36.0 Å². The highest BCUT2D eigenvalue weighted by Crippen LogP contribution is 2.64. The number of benzene rings is 6. The number of nitrogens with one attached hydrogen (secondary N) is 4. The molecule has 1 saturated heterocycles. The van der Waals surface area contributed by atoms with E-state index >= 15 is 4.79 Å². The normalized spacial score (nSPS) is 18.1. The molecule has 4 atom stereocenters. The summed E-state index contributed by atoms with van der Waals surface area (Å²) >= 11 is 0. The summed E-state index contributed by atoms with van der Waals surface area (Å²) in [5.74, 6) is -0.783. The Hall–Kier alpha value is -7.78. The molecule has 1 aliphatic carbocycles. The molecule has 1 heterocycles. The van der Waals surface area contributed by atoms with E-state index in [1.54, 1.807) is 6.92 Å². The van der Waals surface area contributed by atoms with E-state index in [0.29, 0.717) is 17.9 Å². The molecule has 0 aromatic heterocycles. The average Bonchev–Trinajstić information content (AvgIpc) is 1.48. The van der Waals surface area contributed by atoms with Crippen LogP contribution in [-0.4, -0.2) is 115 Å². The summed E-state index contributed by atoms with van der Waals surface area (Å²) < 4.78 is 163. The van der Waals surface area contributed by atoms with E-state index in [9.17, 15) is 62.4 Å². The highest BCUT2D eigenvalue weighted by molar-refractivity contribution is 7.93. The van der Waals surface area contributed by atoms with E-state index in [1.807, 2.05) is 20.8 Å². The predicted molar refractivity (Wildman–Crippen MR) is 380 cm³/mol. The number of nitro benzene ring substituents is 1. The third kappa shape index (κ3) is 18.2. The van der Waals surface area contributed by atoms with Crippen molar-refractivity contribution in [3.05, 3.63) is 142 Å². The van der Waals surface area contributed by atoms with Crippen LogP contribution in [0.5, 0.6) is 17.2 Å². The summed E-state index contributed by atoms with van der Waals surface area (Å²) in [5.41, 5.74) is -3.22. The summed E-state index contributed by atoms with van der Waals surface area (Å²) in [4.78, 5) is 24.1. The first-order valence-electron chi connectivity index (χ1n) is 32.8. The number of hydrogen-bond donors (Lipinski definition) is 6. The number of unbranched alkanes of at least 4 members (excludes halogenated alkanes) is 13. The minimum atomic E-state index is -4.70. The summed E-state index contributed by atoms with van der Waals surface area (Å²) in [5, 5.41) is 44.5. The van der Waals surface area contributed by atoms with Crippen LogP contribution in [0.25, 0.3) is 0 Å². The number of carbonyl (C=O) groups excluding carboxylic acids is 1. The van der Waals surface area contributed by atoms with Crippen LogP contribution in [0.2, 0.25) is 0 Å². The van der Waals surface area contributed by atoms with Gasteiger partial charge in [-0.05, 0) is 91.1 Å². The Morgan fingerprint density at radius 2 is 1.22 bits per heavy atom. The second kappa shape index (κ2) is 31.8. The van der Waals surface area contributed by atoms with Gasteiger partial charge in [-0.2, -0.15) is 10.2 Å². The van der Waals surface area contributed by atoms with E-state index in [4.69, 9.17) is 14.2 Å². The first kappa shape index (κ1) is 77.0. The zero-order valence-corrected chi connectivity index (χ0v) is 60.9. The van der Waals surface area contributed by atoms with Crippen molar-refractivity contribution in [1.82, 2.24) is 4.48 Å². The van der Waals surface area contributed by atoms with Gasteiger partial charge in [-0.15, -0.1) is 0 Å². The first-order valence-corrected chi connectivity index (χ1v) is 41.0. The molecule has 1 spiro atoms. The number of likely N-dealkylation sites (N-methyl/N-ethyl adjacent to an activating group) is 1. The third-order valence-corrected chi connectivity index (χ3v) is 23.5. The number of phenols is 1. The second-order valence-corrected chi connectivity index (χ2v) is 34.7. The molecule has 538 valence electrons. The largest absolute Gasteiger partial charge is 0.506 e. The molecule has 0 saturated carbocycles. The molecule has 1 aliphatic heterocycles. The number of hydrogen-bond acceptors (Lipinski definition) is 20. The second-order valence-electron chi connectivity index (χ2n) is 26.0. The number of aromatic hydroxyl groups is 1. The van der Waals surface area contributed by atoms with Gasteiger partial charge in [0.2, 0.25) is 10.0 Å². The fraction of sp³-hybridized carbons (Fsp3) is 0.456. The monoisotopic (exact) mass is 1470 g/mol. The standard InChI is InChI=1S/C68H88N8O18S5/c1-9-11-12-13-14-15-16-17-18-19-20-21-22-23-38-93-61-45-59(77)57(44-54(61)67(3,4)5)74-99(90,91)63-42-48(30-37-60(63)94-40-39-92-6)72-97(86,87)51-34-32-50(33-35-51)76(10-2)66(79)68(76)46-58(70-69-55-36-31-49(75(80)81)43-62(55)95(7,82)83)64-53(65(68)78)28-25-29-56(64)73-98(88,89)52-27-24-26-47(41-52)71-96(8,84)85/h24-37,41-45,58,65,71-73,78H,9-23,38-40,46H2,1-8H3,(H-,69,70,74,77)/p+1. The van der Waals surface area contributed by atoms with Crippen molar-refractivity contribution in [2.24, 2.45) is 10.2 Å². The van der Waals surface area contributed by atoms with Crippen molar-refractivity contribution in [3.63, 3.8) is 0 Å². The summed E-state index contributed by atoms with van der Waals surface area (Å²) in [6.07, 6.45) is 16.4. The van der Waals surface area contributed by atoms with E-state index < -0.39 is 116 Å². The summed E-state index contributed by atoms with van der Waals surface area (Å²) in [7, 11) is -20.5. The number of anilines is 4. The number of nitrogens with zero attached hydrogens (tertiary/aromatic N) is 4. The highest BCUT2D eigenvalue weighted by atomic mass is 32.2. The van der Waals surface area contributed by atoms with Gasteiger partial charge in [0.15, 0.2) is 9.84 Å². The van der Waals surface area contributed by atoms with Crippen LogP contribution in [0, 0.1) is 10.1 Å². The van der Waals surface area contributed by atoms with Gasteiger partial charge in [-0.3, -0.25) is 29.0 Å². The van der Waals surface area contributed by atoms with Gasteiger partial charge in [0.1, 0.15) is 57.2 Å². The number of sulfone groups is 1. The maximum Gasteiger partial charge on any atom is 0.385 e. The number of amides is 1. The van der Waals surface area contributed by atoms with Crippen LogP contribution in [0.4, 0.5) is 39.8 Å². The fourth-order valence-corrected chi connectivity index (χ4v) is 17.4. The molecule has 8 rings (SSSR count). The molecule has 99 heavy (non-hydrogen) atoms.